The van der Waals surface area contributed by atoms with Crippen LogP contribution in [0.4, 0.5) is 5.82 Å². The van der Waals surface area contributed by atoms with E-state index in [4.69, 9.17) is 0 Å². The topological polar surface area (TPSA) is 48.5 Å². The highest BCUT2D eigenvalue weighted by atomic mass is 16.2. The van der Waals surface area contributed by atoms with Crippen molar-refractivity contribution < 1.29 is 4.79 Å². The lowest BCUT2D eigenvalue weighted by Crippen LogP contribution is -2.49. The molecule has 1 aliphatic carbocycles. The molecule has 0 unspecified atom stereocenters. The van der Waals surface area contributed by atoms with Crippen molar-refractivity contribution in [3.05, 3.63) is 24.4 Å². The summed E-state index contributed by atoms with van der Waals surface area (Å²) >= 11 is 0. The summed E-state index contributed by atoms with van der Waals surface area (Å²) in [5, 5.41) is 3.36. The first-order valence-corrected chi connectivity index (χ1v) is 11.0. The summed E-state index contributed by atoms with van der Waals surface area (Å²) in [7, 11) is 0. The van der Waals surface area contributed by atoms with Crippen LogP contribution in [0.25, 0.3) is 0 Å². The third-order valence-corrected chi connectivity index (χ3v) is 6.69. The maximum atomic E-state index is 12.8. The van der Waals surface area contributed by atoms with Gasteiger partial charge in [-0.2, -0.15) is 0 Å². The molecular weight excluding hydrogens is 336 g/mol. The van der Waals surface area contributed by atoms with E-state index in [2.05, 4.69) is 20.1 Å². The molecular formula is C22H34N4O. The minimum Gasteiger partial charge on any atom is -0.356 e. The zero-order chi connectivity index (χ0) is 18.5. The number of rotatable bonds is 5. The fourth-order valence-electron chi connectivity index (χ4n) is 5.08. The Hall–Kier alpha value is -1.62. The van der Waals surface area contributed by atoms with Crippen LogP contribution in [0.3, 0.4) is 0 Å². The van der Waals surface area contributed by atoms with Crippen LogP contribution >= 0.6 is 0 Å². The summed E-state index contributed by atoms with van der Waals surface area (Å²) in [5.74, 6) is 2.27. The van der Waals surface area contributed by atoms with E-state index in [0.29, 0.717) is 6.04 Å². The van der Waals surface area contributed by atoms with E-state index in [0.717, 1.165) is 63.6 Å². The van der Waals surface area contributed by atoms with Crippen molar-refractivity contribution in [2.45, 2.75) is 57.4 Å². The molecule has 1 saturated carbocycles. The quantitative estimate of drug-likeness (QED) is 0.865. The maximum Gasteiger partial charge on any atom is 0.225 e. The predicted molar refractivity (Wildman–Crippen MR) is 109 cm³/mol. The van der Waals surface area contributed by atoms with Gasteiger partial charge in [0.25, 0.3) is 0 Å². The van der Waals surface area contributed by atoms with Crippen molar-refractivity contribution in [1.29, 1.82) is 0 Å². The van der Waals surface area contributed by atoms with Gasteiger partial charge in [-0.25, -0.2) is 4.98 Å². The SMILES string of the molecule is O=C(NC1CCN(CC2CCCC2)CC1)[C@H]1CCCN(c2ccccn2)C1. The van der Waals surface area contributed by atoms with E-state index in [1.165, 1.54) is 32.2 Å². The van der Waals surface area contributed by atoms with Gasteiger partial charge in [0, 0.05) is 45.0 Å². The standard InChI is InChI=1S/C22H34N4O/c27-22(19-8-5-13-26(17-19)21-9-3-4-12-23-21)24-20-10-14-25(15-11-20)16-18-6-1-2-7-18/h3-4,9,12,18-20H,1-2,5-8,10-11,13-17H2,(H,24,27)/t19-/m0/s1. The van der Waals surface area contributed by atoms with Crippen molar-refractivity contribution in [1.82, 2.24) is 15.2 Å². The highest BCUT2D eigenvalue weighted by Crippen LogP contribution is 2.27. The molecule has 1 aromatic heterocycles. The molecule has 1 amide bonds. The van der Waals surface area contributed by atoms with Gasteiger partial charge >= 0.3 is 0 Å². The smallest absolute Gasteiger partial charge is 0.225 e. The average molecular weight is 371 g/mol. The van der Waals surface area contributed by atoms with Gasteiger partial charge in [0.05, 0.1) is 5.92 Å². The number of hydrogen-bond donors (Lipinski definition) is 1. The number of piperidine rings is 2. The third kappa shape index (κ3) is 5.01. The highest BCUT2D eigenvalue weighted by molar-refractivity contribution is 5.79. The lowest BCUT2D eigenvalue weighted by Gasteiger charge is -2.36. The van der Waals surface area contributed by atoms with E-state index in [1.807, 2.05) is 24.4 Å². The van der Waals surface area contributed by atoms with Crippen molar-refractivity contribution in [3.63, 3.8) is 0 Å². The Balaban J connectivity index is 1.22. The van der Waals surface area contributed by atoms with Crippen molar-refractivity contribution in [2.24, 2.45) is 11.8 Å². The second-order valence-corrected chi connectivity index (χ2v) is 8.71. The Morgan fingerprint density at radius 3 is 2.59 bits per heavy atom. The number of amides is 1. The van der Waals surface area contributed by atoms with Crippen LogP contribution in [0.15, 0.2) is 24.4 Å². The zero-order valence-electron chi connectivity index (χ0n) is 16.5. The van der Waals surface area contributed by atoms with Gasteiger partial charge in [-0.1, -0.05) is 18.9 Å². The van der Waals surface area contributed by atoms with E-state index in [1.54, 1.807) is 0 Å². The minimum absolute atomic E-state index is 0.0947. The summed E-state index contributed by atoms with van der Waals surface area (Å²) in [4.78, 5) is 22.2. The highest BCUT2D eigenvalue weighted by Gasteiger charge is 2.29. The fraction of sp³-hybridized carbons (Fsp3) is 0.727. The molecule has 1 aromatic rings. The monoisotopic (exact) mass is 370 g/mol. The normalized spacial score (nSPS) is 25.6. The Labute approximate surface area is 163 Å². The first-order chi connectivity index (χ1) is 13.3. The molecule has 5 heteroatoms. The zero-order valence-corrected chi connectivity index (χ0v) is 16.5. The second kappa shape index (κ2) is 9.05. The summed E-state index contributed by atoms with van der Waals surface area (Å²) in [6.07, 6.45) is 11.8. The van der Waals surface area contributed by atoms with E-state index < -0.39 is 0 Å². The van der Waals surface area contributed by atoms with Crippen molar-refractivity contribution in [3.8, 4) is 0 Å². The van der Waals surface area contributed by atoms with Crippen molar-refractivity contribution in [2.75, 3.05) is 37.6 Å². The van der Waals surface area contributed by atoms with Crippen LogP contribution in [0, 0.1) is 11.8 Å². The lowest BCUT2D eigenvalue weighted by molar-refractivity contribution is -0.126. The molecule has 2 aliphatic heterocycles. The first kappa shape index (κ1) is 18.7. The molecule has 0 radical (unpaired) electrons. The molecule has 0 aromatic carbocycles. The number of likely N-dealkylation sites (tertiary alicyclic amines) is 1. The van der Waals surface area contributed by atoms with Gasteiger partial charge < -0.3 is 15.1 Å². The number of carbonyl (C=O) groups excluding carboxylic acids is 1. The Kier molecular flexibility index (Phi) is 6.28. The van der Waals surface area contributed by atoms with E-state index in [-0.39, 0.29) is 11.8 Å². The van der Waals surface area contributed by atoms with Gasteiger partial charge in [-0.05, 0) is 56.6 Å². The number of hydrogen-bond acceptors (Lipinski definition) is 4. The molecule has 1 atom stereocenters. The maximum absolute atomic E-state index is 12.8. The van der Waals surface area contributed by atoms with Gasteiger partial charge in [0.1, 0.15) is 5.82 Å². The number of pyridine rings is 1. The van der Waals surface area contributed by atoms with Crippen LogP contribution in [0.5, 0.6) is 0 Å². The molecule has 4 rings (SSSR count). The summed E-state index contributed by atoms with van der Waals surface area (Å²) in [6, 6.07) is 6.37. The Bertz CT molecular complexity index is 594. The van der Waals surface area contributed by atoms with Crippen molar-refractivity contribution >= 4 is 11.7 Å². The largest absolute Gasteiger partial charge is 0.356 e. The van der Waals surface area contributed by atoms with Gasteiger partial charge in [0.15, 0.2) is 0 Å². The predicted octanol–water partition coefficient (Wildman–Crippen LogP) is 3.07. The molecule has 27 heavy (non-hydrogen) atoms. The average Bonchev–Trinajstić information content (AvgIpc) is 3.23. The van der Waals surface area contributed by atoms with Gasteiger partial charge in [-0.3, -0.25) is 4.79 Å². The molecule has 2 saturated heterocycles. The molecule has 148 valence electrons. The van der Waals surface area contributed by atoms with Gasteiger partial charge in [-0.15, -0.1) is 0 Å². The fourth-order valence-corrected chi connectivity index (χ4v) is 5.08. The van der Waals surface area contributed by atoms with Crippen LogP contribution < -0.4 is 10.2 Å². The summed E-state index contributed by atoms with van der Waals surface area (Å²) in [6.45, 7) is 5.37. The van der Waals surface area contributed by atoms with Gasteiger partial charge in [0.2, 0.25) is 5.91 Å². The number of aromatic nitrogens is 1. The Morgan fingerprint density at radius 2 is 1.85 bits per heavy atom. The first-order valence-electron chi connectivity index (χ1n) is 11.0. The second-order valence-electron chi connectivity index (χ2n) is 8.71. The molecule has 0 bridgehead atoms. The number of nitrogens with one attached hydrogen (secondary N) is 1. The molecule has 3 aliphatic rings. The van der Waals surface area contributed by atoms with Crippen LogP contribution in [-0.4, -0.2) is 54.6 Å². The Morgan fingerprint density at radius 1 is 1.04 bits per heavy atom. The number of anilines is 1. The number of nitrogens with zero attached hydrogens (tertiary/aromatic N) is 3. The molecule has 3 fully saturated rings. The van der Waals surface area contributed by atoms with Crippen LogP contribution in [0.2, 0.25) is 0 Å². The molecule has 1 N–H and O–H groups in total. The minimum atomic E-state index is 0.0947. The summed E-state index contributed by atoms with van der Waals surface area (Å²) < 4.78 is 0. The lowest BCUT2D eigenvalue weighted by atomic mass is 9.95. The third-order valence-electron chi connectivity index (χ3n) is 6.69. The van der Waals surface area contributed by atoms with E-state index >= 15 is 0 Å². The molecule has 0 spiro atoms. The molecule has 5 nitrogen and oxygen atoms in total. The van der Waals surface area contributed by atoms with Crippen LogP contribution in [0.1, 0.15) is 51.4 Å². The van der Waals surface area contributed by atoms with Crippen LogP contribution in [-0.2, 0) is 4.79 Å². The molecule has 3 heterocycles. The van der Waals surface area contributed by atoms with E-state index in [9.17, 15) is 4.79 Å². The summed E-state index contributed by atoms with van der Waals surface area (Å²) in [5.41, 5.74) is 0. The number of carbonyl (C=O) groups is 1.